The van der Waals surface area contributed by atoms with Crippen LogP contribution in [0.15, 0.2) is 41.1 Å². The average Bonchev–Trinajstić information content (AvgIpc) is 2.77. The molecule has 114 valence electrons. The Labute approximate surface area is 127 Å². The van der Waals surface area contributed by atoms with Gasteiger partial charge in [0, 0.05) is 12.2 Å². The fraction of sp³-hybridized carbons (Fsp3) is 0.471. The Hall–Kier alpha value is -1.39. The van der Waals surface area contributed by atoms with E-state index in [0.717, 1.165) is 24.0 Å². The topological polar surface area (TPSA) is 46.5 Å². The largest absolute Gasteiger partial charge is 0.450 e. The zero-order chi connectivity index (χ0) is 15.5. The first-order valence-corrected chi connectivity index (χ1v) is 11.1. The molecule has 3 nitrogen and oxygen atoms in total. The Morgan fingerprint density at radius 3 is 2.38 bits per heavy atom. The Balaban J connectivity index is 2.37. The fourth-order valence-corrected chi connectivity index (χ4v) is 5.01. The maximum absolute atomic E-state index is 12.3. The molecule has 0 aromatic heterocycles. The molecule has 0 spiro atoms. The monoisotopic (exact) mass is 304 g/mol. The molecule has 21 heavy (non-hydrogen) atoms. The van der Waals surface area contributed by atoms with Gasteiger partial charge in [-0.15, -0.1) is 0 Å². The van der Waals surface area contributed by atoms with Crippen LogP contribution in [0, 0.1) is 0 Å². The molecule has 1 atom stereocenters. The van der Waals surface area contributed by atoms with Crippen LogP contribution in [0.1, 0.15) is 30.9 Å². The third kappa shape index (κ3) is 3.63. The molecule has 0 saturated heterocycles. The van der Waals surface area contributed by atoms with E-state index in [2.05, 4.69) is 19.6 Å². The molecule has 0 radical (unpaired) electrons. The molecule has 1 aromatic carbocycles. The number of rotatable bonds is 6. The van der Waals surface area contributed by atoms with Crippen molar-refractivity contribution >= 4 is 14.0 Å². The lowest BCUT2D eigenvalue weighted by Gasteiger charge is -2.24. The number of ether oxygens (including phenoxy) is 1. The number of aliphatic hydroxyl groups excluding tert-OH is 1. The first-order valence-electron chi connectivity index (χ1n) is 7.55. The van der Waals surface area contributed by atoms with Gasteiger partial charge in [0.15, 0.2) is 0 Å². The highest BCUT2D eigenvalue weighted by Gasteiger charge is 2.40. The van der Waals surface area contributed by atoms with E-state index in [1.165, 1.54) is 5.20 Å². The minimum atomic E-state index is -1.66. The van der Waals surface area contributed by atoms with Crippen molar-refractivity contribution in [2.45, 2.75) is 45.0 Å². The lowest BCUT2D eigenvalue weighted by molar-refractivity contribution is -0.140. The van der Waals surface area contributed by atoms with Gasteiger partial charge in [-0.3, -0.25) is 0 Å². The first kappa shape index (κ1) is 16.0. The van der Waals surface area contributed by atoms with Crippen molar-refractivity contribution in [1.29, 1.82) is 0 Å². The summed E-state index contributed by atoms with van der Waals surface area (Å²) in [6, 6.07) is 9.98. The van der Waals surface area contributed by atoms with Gasteiger partial charge in [0.25, 0.3) is 0 Å². The lowest BCUT2D eigenvalue weighted by Crippen LogP contribution is -2.28. The third-order valence-electron chi connectivity index (χ3n) is 3.80. The third-order valence-corrected chi connectivity index (χ3v) is 5.98. The Kier molecular flexibility index (Phi) is 5.01. The summed E-state index contributed by atoms with van der Waals surface area (Å²) in [6.07, 6.45) is 2.05. The van der Waals surface area contributed by atoms with Crippen molar-refractivity contribution in [3.05, 3.63) is 46.7 Å². The van der Waals surface area contributed by atoms with Gasteiger partial charge in [0.1, 0.15) is 6.10 Å². The summed E-state index contributed by atoms with van der Waals surface area (Å²) >= 11 is 0. The van der Waals surface area contributed by atoms with Crippen LogP contribution in [-0.2, 0) is 9.53 Å². The number of esters is 1. The van der Waals surface area contributed by atoms with Crippen molar-refractivity contribution in [2.75, 3.05) is 6.61 Å². The number of cyclic esters (lactones) is 1. The molecule has 0 saturated carbocycles. The van der Waals surface area contributed by atoms with E-state index < -0.39 is 8.07 Å². The van der Waals surface area contributed by atoms with Gasteiger partial charge in [0.05, 0.1) is 8.07 Å². The molecule has 1 heterocycles. The van der Waals surface area contributed by atoms with Crippen LogP contribution < -0.4 is 0 Å². The molecule has 1 N–H and O–H groups in total. The molecule has 0 amide bonds. The summed E-state index contributed by atoms with van der Waals surface area (Å²) in [7, 11) is -1.66. The maximum Gasteiger partial charge on any atom is 0.334 e. The Bertz CT molecular complexity index is 529. The van der Waals surface area contributed by atoms with Crippen LogP contribution in [0.3, 0.4) is 0 Å². The van der Waals surface area contributed by atoms with Crippen LogP contribution in [0.25, 0.3) is 0 Å². The predicted molar refractivity (Wildman–Crippen MR) is 86.6 cm³/mol. The number of benzene rings is 1. The quantitative estimate of drug-likeness (QED) is 0.496. The zero-order valence-corrected chi connectivity index (χ0v) is 14.1. The summed E-state index contributed by atoms with van der Waals surface area (Å²) in [5, 5.41) is 10.2. The Morgan fingerprint density at radius 1 is 1.14 bits per heavy atom. The first-order chi connectivity index (χ1) is 9.95. The molecule has 4 heteroatoms. The second kappa shape index (κ2) is 6.58. The van der Waals surface area contributed by atoms with E-state index in [1.54, 1.807) is 0 Å². The van der Waals surface area contributed by atoms with Gasteiger partial charge in [0.2, 0.25) is 0 Å². The number of hydrogen-bond acceptors (Lipinski definition) is 3. The van der Waals surface area contributed by atoms with Crippen molar-refractivity contribution < 1.29 is 14.6 Å². The molecule has 0 aliphatic carbocycles. The predicted octanol–water partition coefficient (Wildman–Crippen LogP) is 3.62. The Morgan fingerprint density at radius 2 is 1.81 bits per heavy atom. The molecular weight excluding hydrogens is 280 g/mol. The maximum atomic E-state index is 12.3. The summed E-state index contributed by atoms with van der Waals surface area (Å²) in [5.74, 6) is -0.167. The van der Waals surface area contributed by atoms with Gasteiger partial charge >= 0.3 is 5.97 Å². The van der Waals surface area contributed by atoms with E-state index in [-0.39, 0.29) is 18.7 Å². The van der Waals surface area contributed by atoms with Crippen LogP contribution in [0.5, 0.6) is 0 Å². The van der Waals surface area contributed by atoms with Crippen molar-refractivity contribution in [1.82, 2.24) is 0 Å². The highest BCUT2D eigenvalue weighted by molar-refractivity contribution is 6.83. The van der Waals surface area contributed by atoms with Crippen LogP contribution in [0.2, 0.25) is 19.6 Å². The minimum Gasteiger partial charge on any atom is -0.450 e. The van der Waals surface area contributed by atoms with Crippen LogP contribution in [0.4, 0.5) is 0 Å². The van der Waals surface area contributed by atoms with Gasteiger partial charge in [-0.25, -0.2) is 4.79 Å². The molecular formula is C17H24O3Si. The van der Waals surface area contributed by atoms with E-state index in [1.807, 2.05) is 30.3 Å². The number of unbranched alkanes of at least 4 members (excludes halogenated alkanes) is 1. The van der Waals surface area contributed by atoms with E-state index in [4.69, 9.17) is 9.84 Å². The summed E-state index contributed by atoms with van der Waals surface area (Å²) in [6.45, 7) is 6.94. The highest BCUT2D eigenvalue weighted by atomic mass is 28.3. The van der Waals surface area contributed by atoms with Crippen LogP contribution >= 0.6 is 0 Å². The number of carbonyl (C=O) groups is 1. The molecule has 1 unspecified atom stereocenters. The molecule has 2 rings (SSSR count). The molecule has 0 fully saturated rings. The second-order valence-corrected chi connectivity index (χ2v) is 11.6. The van der Waals surface area contributed by atoms with Crippen molar-refractivity contribution in [3.8, 4) is 0 Å². The smallest absolute Gasteiger partial charge is 0.334 e. The van der Waals surface area contributed by atoms with E-state index in [0.29, 0.717) is 6.42 Å². The molecule has 1 aliphatic rings. The van der Waals surface area contributed by atoms with E-state index >= 15 is 0 Å². The summed E-state index contributed by atoms with van der Waals surface area (Å²) < 4.78 is 5.69. The minimum absolute atomic E-state index is 0.167. The standard InChI is InChI=1S/C17H24O3Si/c1-21(2,3)16-14(11-7-8-12-18)17(19)20-15(16)13-9-5-4-6-10-13/h4-6,9-10,15,18H,7-8,11-12H2,1-3H3. The van der Waals surface area contributed by atoms with Gasteiger partial charge in [-0.2, -0.15) is 0 Å². The molecule has 1 aliphatic heterocycles. The van der Waals surface area contributed by atoms with Crippen molar-refractivity contribution in [3.63, 3.8) is 0 Å². The number of carbonyl (C=O) groups excluding carboxylic acids is 1. The van der Waals surface area contributed by atoms with Crippen molar-refractivity contribution in [2.24, 2.45) is 0 Å². The zero-order valence-electron chi connectivity index (χ0n) is 13.1. The SMILES string of the molecule is C[Si](C)(C)C1=C(CCCCO)C(=O)OC1c1ccccc1. The van der Waals surface area contributed by atoms with Gasteiger partial charge < -0.3 is 9.84 Å². The number of hydrogen-bond donors (Lipinski definition) is 1. The second-order valence-electron chi connectivity index (χ2n) is 6.52. The van der Waals surface area contributed by atoms with E-state index in [9.17, 15) is 4.79 Å². The van der Waals surface area contributed by atoms with Gasteiger partial charge in [-0.05, 0) is 30.0 Å². The summed E-state index contributed by atoms with van der Waals surface area (Å²) in [5.41, 5.74) is 1.91. The van der Waals surface area contributed by atoms with Crippen LogP contribution in [-0.4, -0.2) is 25.8 Å². The highest BCUT2D eigenvalue weighted by Crippen LogP contribution is 2.41. The molecule has 1 aromatic rings. The fourth-order valence-electron chi connectivity index (χ4n) is 2.86. The normalized spacial score (nSPS) is 19.0. The van der Waals surface area contributed by atoms with Gasteiger partial charge in [-0.1, -0.05) is 50.0 Å². The molecule has 0 bridgehead atoms. The lowest BCUT2D eigenvalue weighted by atomic mass is 10.0. The summed E-state index contributed by atoms with van der Waals surface area (Å²) in [4.78, 5) is 12.3. The average molecular weight is 304 g/mol. The number of aliphatic hydroxyl groups is 1.